The number of nitrogens with zero attached hydrogens (tertiary/aromatic N) is 4. The van der Waals surface area contributed by atoms with Crippen LogP contribution >= 0.6 is 11.5 Å². The number of carbonyl (C=O) groups excluding carboxylic acids is 1. The minimum absolute atomic E-state index is 0.232. The summed E-state index contributed by atoms with van der Waals surface area (Å²) >= 11 is 1.14. The highest BCUT2D eigenvalue weighted by atomic mass is 32.1. The van der Waals surface area contributed by atoms with Gasteiger partial charge >= 0.3 is 0 Å². The molecule has 0 spiro atoms. The van der Waals surface area contributed by atoms with Crippen LogP contribution in [-0.2, 0) is 4.74 Å². The molecular formula is C19H21N5O3S. The van der Waals surface area contributed by atoms with E-state index in [4.69, 9.17) is 9.47 Å². The summed E-state index contributed by atoms with van der Waals surface area (Å²) in [6, 6.07) is 7.77. The van der Waals surface area contributed by atoms with Gasteiger partial charge in [0, 0.05) is 36.0 Å². The van der Waals surface area contributed by atoms with Gasteiger partial charge in [0.05, 0.1) is 24.9 Å². The van der Waals surface area contributed by atoms with Gasteiger partial charge in [-0.05, 0) is 31.9 Å². The smallest absolute Gasteiger partial charge is 0.260 e. The molecule has 0 saturated carbocycles. The third kappa shape index (κ3) is 3.76. The molecule has 0 atom stereocenters. The third-order valence-electron chi connectivity index (χ3n) is 4.80. The molecule has 8 nitrogen and oxygen atoms in total. The molecule has 0 bridgehead atoms. The fourth-order valence-electron chi connectivity index (χ4n) is 3.26. The topological polar surface area (TPSA) is 91.2 Å². The minimum atomic E-state index is -0.232. The molecule has 9 heteroatoms. The summed E-state index contributed by atoms with van der Waals surface area (Å²) in [5.41, 5.74) is 2.23. The van der Waals surface area contributed by atoms with Gasteiger partial charge in [-0.25, -0.2) is 0 Å². The Balaban J connectivity index is 1.48. The summed E-state index contributed by atoms with van der Waals surface area (Å²) in [6.07, 6.45) is 3.43. The molecule has 1 aliphatic rings. The van der Waals surface area contributed by atoms with E-state index >= 15 is 0 Å². The van der Waals surface area contributed by atoms with Gasteiger partial charge in [0.2, 0.25) is 5.13 Å². The maximum absolute atomic E-state index is 12.7. The zero-order valence-electron chi connectivity index (χ0n) is 15.7. The first-order valence-corrected chi connectivity index (χ1v) is 9.84. The number of nitrogens with one attached hydrogen (secondary N) is 1. The van der Waals surface area contributed by atoms with Gasteiger partial charge in [-0.1, -0.05) is 12.1 Å². The number of aromatic nitrogens is 4. The van der Waals surface area contributed by atoms with Crippen molar-refractivity contribution in [2.24, 2.45) is 0 Å². The number of rotatable bonds is 5. The van der Waals surface area contributed by atoms with Crippen molar-refractivity contribution < 1.29 is 14.3 Å². The van der Waals surface area contributed by atoms with E-state index in [1.54, 1.807) is 13.3 Å². The number of hydrogen-bond acceptors (Lipinski definition) is 7. The third-order valence-corrected chi connectivity index (χ3v) is 5.43. The van der Waals surface area contributed by atoms with Gasteiger partial charge in [-0.2, -0.15) is 14.5 Å². The summed E-state index contributed by atoms with van der Waals surface area (Å²) in [6.45, 7) is 3.37. The van der Waals surface area contributed by atoms with E-state index in [1.165, 1.54) is 0 Å². The second-order valence-corrected chi connectivity index (χ2v) is 7.29. The maximum Gasteiger partial charge on any atom is 0.260 e. The van der Waals surface area contributed by atoms with Crippen LogP contribution in [0.1, 0.15) is 34.9 Å². The van der Waals surface area contributed by atoms with Gasteiger partial charge in [-0.15, -0.1) is 0 Å². The predicted octanol–water partition coefficient (Wildman–Crippen LogP) is 3.32. The predicted molar refractivity (Wildman–Crippen MR) is 106 cm³/mol. The van der Waals surface area contributed by atoms with Gasteiger partial charge < -0.3 is 9.47 Å². The van der Waals surface area contributed by atoms with Crippen molar-refractivity contribution in [3.8, 4) is 17.1 Å². The fraction of sp³-hybridized carbons (Fsp3) is 0.368. The lowest BCUT2D eigenvalue weighted by Gasteiger charge is -2.23. The molecule has 4 rings (SSSR count). The Bertz CT molecular complexity index is 978. The SMILES string of the molecule is COc1cccc(-c2nsc(NC(=O)c3cnn(C4CCOCC4)c3C)n2)c1. The molecule has 3 aromatic rings. The Morgan fingerprint density at radius 3 is 2.96 bits per heavy atom. The molecule has 146 valence electrons. The lowest BCUT2D eigenvalue weighted by molar-refractivity contribution is 0.0656. The van der Waals surface area contributed by atoms with Crippen LogP contribution in [0.4, 0.5) is 5.13 Å². The van der Waals surface area contributed by atoms with Crippen LogP contribution in [0.3, 0.4) is 0 Å². The summed E-state index contributed by atoms with van der Waals surface area (Å²) in [5.74, 6) is 1.05. The van der Waals surface area contributed by atoms with Gasteiger partial charge in [0.25, 0.3) is 5.91 Å². The highest BCUT2D eigenvalue weighted by molar-refractivity contribution is 7.10. The Labute approximate surface area is 166 Å². The first-order valence-electron chi connectivity index (χ1n) is 9.07. The average Bonchev–Trinajstić information content (AvgIpc) is 3.35. The lowest BCUT2D eigenvalue weighted by atomic mass is 10.1. The molecule has 3 heterocycles. The van der Waals surface area contributed by atoms with Crippen molar-refractivity contribution in [3.05, 3.63) is 41.7 Å². The largest absolute Gasteiger partial charge is 0.497 e. The van der Waals surface area contributed by atoms with Gasteiger partial charge in [0.15, 0.2) is 5.82 Å². The molecule has 1 aliphatic heterocycles. The lowest BCUT2D eigenvalue weighted by Crippen LogP contribution is -2.22. The number of hydrogen-bond donors (Lipinski definition) is 1. The Kier molecular flexibility index (Phi) is 5.36. The van der Waals surface area contributed by atoms with Crippen molar-refractivity contribution in [3.63, 3.8) is 0 Å². The van der Waals surface area contributed by atoms with Crippen LogP contribution in [0.5, 0.6) is 5.75 Å². The minimum Gasteiger partial charge on any atom is -0.497 e. The second kappa shape index (κ2) is 8.07. The number of methoxy groups -OCH3 is 1. The standard InChI is InChI=1S/C19H21N5O3S/c1-12-16(11-20-24(12)14-6-8-27-9-7-14)18(25)22-19-21-17(23-28-19)13-4-3-5-15(10-13)26-2/h3-5,10-11,14H,6-9H2,1-2H3,(H,21,22,23,25). The zero-order chi connectivity index (χ0) is 19.5. The zero-order valence-corrected chi connectivity index (χ0v) is 16.5. The van der Waals surface area contributed by atoms with E-state index < -0.39 is 0 Å². The summed E-state index contributed by atoms with van der Waals surface area (Å²) < 4.78 is 16.9. The second-order valence-electron chi connectivity index (χ2n) is 6.54. The molecule has 0 unspecified atom stereocenters. The van der Waals surface area contributed by atoms with E-state index in [0.29, 0.717) is 16.5 Å². The number of benzene rings is 1. The van der Waals surface area contributed by atoms with Crippen LogP contribution in [0.25, 0.3) is 11.4 Å². The average molecular weight is 399 g/mol. The van der Waals surface area contributed by atoms with Gasteiger partial charge in [0.1, 0.15) is 5.75 Å². The number of carbonyl (C=O) groups is 1. The van der Waals surface area contributed by atoms with Crippen LogP contribution < -0.4 is 10.1 Å². The monoisotopic (exact) mass is 399 g/mol. The fourth-order valence-corrected chi connectivity index (χ4v) is 3.85. The van der Waals surface area contributed by atoms with Crippen LogP contribution in [0.2, 0.25) is 0 Å². The Morgan fingerprint density at radius 2 is 2.18 bits per heavy atom. The van der Waals surface area contributed by atoms with Crippen molar-refractivity contribution >= 4 is 22.6 Å². The van der Waals surface area contributed by atoms with E-state index in [-0.39, 0.29) is 11.9 Å². The molecule has 0 radical (unpaired) electrons. The number of ether oxygens (including phenoxy) is 2. The van der Waals surface area contributed by atoms with Crippen LogP contribution in [0, 0.1) is 6.92 Å². The molecule has 1 aromatic carbocycles. The van der Waals surface area contributed by atoms with E-state index in [0.717, 1.165) is 54.6 Å². The van der Waals surface area contributed by atoms with Crippen molar-refractivity contribution in [2.75, 3.05) is 25.6 Å². The summed E-state index contributed by atoms with van der Waals surface area (Å²) in [7, 11) is 1.61. The summed E-state index contributed by atoms with van der Waals surface area (Å²) in [4.78, 5) is 17.1. The molecule has 1 N–H and O–H groups in total. The maximum atomic E-state index is 12.7. The molecule has 2 aromatic heterocycles. The molecular weight excluding hydrogens is 378 g/mol. The van der Waals surface area contributed by atoms with E-state index in [9.17, 15) is 4.79 Å². The first kappa shape index (κ1) is 18.6. The molecule has 0 aliphatic carbocycles. The van der Waals surface area contributed by atoms with Crippen LogP contribution in [0.15, 0.2) is 30.5 Å². The summed E-state index contributed by atoms with van der Waals surface area (Å²) in [5, 5.41) is 7.70. The van der Waals surface area contributed by atoms with Crippen molar-refractivity contribution in [2.45, 2.75) is 25.8 Å². The Morgan fingerprint density at radius 1 is 1.36 bits per heavy atom. The number of anilines is 1. The highest BCUT2D eigenvalue weighted by Gasteiger charge is 2.22. The highest BCUT2D eigenvalue weighted by Crippen LogP contribution is 2.26. The van der Waals surface area contributed by atoms with Crippen molar-refractivity contribution in [1.29, 1.82) is 0 Å². The van der Waals surface area contributed by atoms with E-state index in [2.05, 4.69) is 19.8 Å². The first-order chi connectivity index (χ1) is 13.7. The Hall–Kier alpha value is -2.78. The van der Waals surface area contributed by atoms with E-state index in [1.807, 2.05) is 35.9 Å². The molecule has 1 fully saturated rings. The molecule has 1 saturated heterocycles. The quantitative estimate of drug-likeness (QED) is 0.708. The molecule has 1 amide bonds. The molecule has 28 heavy (non-hydrogen) atoms. The van der Waals surface area contributed by atoms with Crippen LogP contribution in [-0.4, -0.2) is 45.4 Å². The van der Waals surface area contributed by atoms with Crippen molar-refractivity contribution in [1.82, 2.24) is 19.1 Å². The number of amides is 1. The normalized spacial score (nSPS) is 14.8. The van der Waals surface area contributed by atoms with Gasteiger partial charge in [-0.3, -0.25) is 14.8 Å².